The Kier molecular flexibility index (Phi) is 7.12. The smallest absolute Gasteiger partial charge is 0.0465 e. The fourth-order valence-electron chi connectivity index (χ4n) is 1.83. The predicted molar refractivity (Wildman–Crippen MR) is 76.7 cm³/mol. The van der Waals surface area contributed by atoms with E-state index in [9.17, 15) is 0 Å². The van der Waals surface area contributed by atoms with Gasteiger partial charge in [-0.3, -0.25) is 0 Å². The highest BCUT2D eigenvalue weighted by molar-refractivity contribution is 9.10. The molecule has 0 amide bonds. The SMILES string of the molecule is CCNC(CCCOC)c1ccc(Br)cc1Cl. The van der Waals surface area contributed by atoms with Gasteiger partial charge < -0.3 is 10.1 Å². The third-order valence-electron chi connectivity index (χ3n) is 2.63. The summed E-state index contributed by atoms with van der Waals surface area (Å²) in [6.07, 6.45) is 2.06. The Hall–Kier alpha value is -0.0900. The van der Waals surface area contributed by atoms with Crippen molar-refractivity contribution >= 4 is 27.5 Å². The van der Waals surface area contributed by atoms with E-state index < -0.39 is 0 Å². The molecule has 0 fully saturated rings. The van der Waals surface area contributed by atoms with Crippen LogP contribution in [-0.4, -0.2) is 20.3 Å². The Morgan fingerprint density at radius 1 is 1.47 bits per heavy atom. The van der Waals surface area contributed by atoms with Gasteiger partial charge in [0.1, 0.15) is 0 Å². The van der Waals surface area contributed by atoms with Crippen LogP contribution < -0.4 is 5.32 Å². The zero-order valence-electron chi connectivity index (χ0n) is 10.3. The monoisotopic (exact) mass is 319 g/mol. The van der Waals surface area contributed by atoms with Gasteiger partial charge in [-0.15, -0.1) is 0 Å². The number of halogens is 2. The normalized spacial score (nSPS) is 12.7. The highest BCUT2D eigenvalue weighted by atomic mass is 79.9. The van der Waals surface area contributed by atoms with Crippen molar-refractivity contribution in [3.63, 3.8) is 0 Å². The molecule has 1 N–H and O–H groups in total. The number of rotatable bonds is 7. The van der Waals surface area contributed by atoms with Crippen molar-refractivity contribution in [1.29, 1.82) is 0 Å². The van der Waals surface area contributed by atoms with Crippen molar-refractivity contribution in [3.8, 4) is 0 Å². The largest absolute Gasteiger partial charge is 0.385 e. The van der Waals surface area contributed by atoms with Crippen LogP contribution >= 0.6 is 27.5 Å². The van der Waals surface area contributed by atoms with E-state index in [1.165, 1.54) is 0 Å². The average molecular weight is 321 g/mol. The van der Waals surface area contributed by atoms with Crippen LogP contribution in [0, 0.1) is 0 Å². The Morgan fingerprint density at radius 3 is 2.82 bits per heavy atom. The summed E-state index contributed by atoms with van der Waals surface area (Å²) < 4.78 is 6.10. The van der Waals surface area contributed by atoms with Gasteiger partial charge in [-0.2, -0.15) is 0 Å². The molecular formula is C13H19BrClNO. The molecule has 2 nitrogen and oxygen atoms in total. The molecule has 4 heteroatoms. The molecule has 0 heterocycles. The van der Waals surface area contributed by atoms with Crippen LogP contribution in [0.1, 0.15) is 31.4 Å². The van der Waals surface area contributed by atoms with Crippen molar-refractivity contribution in [2.75, 3.05) is 20.3 Å². The van der Waals surface area contributed by atoms with Crippen LogP contribution in [0.5, 0.6) is 0 Å². The number of ether oxygens (including phenoxy) is 1. The molecule has 0 aliphatic rings. The third-order valence-corrected chi connectivity index (χ3v) is 3.45. The molecule has 0 aliphatic heterocycles. The summed E-state index contributed by atoms with van der Waals surface area (Å²) in [5.74, 6) is 0. The maximum atomic E-state index is 6.27. The Bertz CT molecular complexity index is 346. The first-order valence-corrected chi connectivity index (χ1v) is 7.03. The lowest BCUT2D eigenvalue weighted by Crippen LogP contribution is -2.21. The van der Waals surface area contributed by atoms with Crippen LogP contribution in [-0.2, 0) is 4.74 Å². The van der Waals surface area contributed by atoms with Gasteiger partial charge in [0, 0.05) is 29.3 Å². The van der Waals surface area contributed by atoms with Crippen molar-refractivity contribution in [3.05, 3.63) is 33.3 Å². The second kappa shape index (κ2) is 8.09. The highest BCUT2D eigenvalue weighted by Crippen LogP contribution is 2.28. The van der Waals surface area contributed by atoms with Crippen molar-refractivity contribution in [2.45, 2.75) is 25.8 Å². The van der Waals surface area contributed by atoms with Crippen LogP contribution in [0.2, 0.25) is 5.02 Å². The standard InChI is InChI=1S/C13H19BrClNO/c1-3-16-13(5-4-8-17-2)11-7-6-10(14)9-12(11)15/h6-7,9,13,16H,3-5,8H2,1-2H3. The van der Waals surface area contributed by atoms with Gasteiger partial charge >= 0.3 is 0 Å². The van der Waals surface area contributed by atoms with Gasteiger partial charge in [0.2, 0.25) is 0 Å². The van der Waals surface area contributed by atoms with Crippen LogP contribution in [0.4, 0.5) is 0 Å². The molecule has 0 saturated heterocycles. The van der Waals surface area contributed by atoms with Crippen LogP contribution in [0.25, 0.3) is 0 Å². The topological polar surface area (TPSA) is 21.3 Å². The van der Waals surface area contributed by atoms with Gasteiger partial charge in [0.15, 0.2) is 0 Å². The van der Waals surface area contributed by atoms with Crippen molar-refractivity contribution in [1.82, 2.24) is 5.32 Å². The lowest BCUT2D eigenvalue weighted by molar-refractivity contribution is 0.189. The zero-order chi connectivity index (χ0) is 12.7. The second-order valence-corrected chi connectivity index (χ2v) is 5.23. The lowest BCUT2D eigenvalue weighted by Gasteiger charge is -2.19. The molecule has 0 aliphatic carbocycles. The Morgan fingerprint density at radius 2 is 2.24 bits per heavy atom. The molecular weight excluding hydrogens is 302 g/mol. The van der Waals surface area contributed by atoms with E-state index in [4.69, 9.17) is 16.3 Å². The van der Waals surface area contributed by atoms with E-state index in [0.717, 1.165) is 41.1 Å². The van der Waals surface area contributed by atoms with Gasteiger partial charge in [-0.05, 0) is 37.1 Å². The van der Waals surface area contributed by atoms with Crippen LogP contribution in [0.15, 0.2) is 22.7 Å². The maximum Gasteiger partial charge on any atom is 0.0465 e. The molecule has 1 aromatic carbocycles. The van der Waals surface area contributed by atoms with Gasteiger partial charge in [0.05, 0.1) is 0 Å². The quantitative estimate of drug-likeness (QED) is 0.761. The Labute approximate surface area is 117 Å². The molecule has 0 saturated carbocycles. The first-order valence-electron chi connectivity index (χ1n) is 5.86. The summed E-state index contributed by atoms with van der Waals surface area (Å²) >= 11 is 9.69. The molecule has 1 rings (SSSR count). The number of benzene rings is 1. The number of hydrogen-bond acceptors (Lipinski definition) is 2. The van der Waals surface area contributed by atoms with E-state index >= 15 is 0 Å². The molecule has 1 atom stereocenters. The first-order chi connectivity index (χ1) is 8.19. The summed E-state index contributed by atoms with van der Waals surface area (Å²) in [7, 11) is 1.73. The number of hydrogen-bond donors (Lipinski definition) is 1. The fourth-order valence-corrected chi connectivity index (χ4v) is 2.63. The number of methoxy groups -OCH3 is 1. The highest BCUT2D eigenvalue weighted by Gasteiger charge is 2.13. The zero-order valence-corrected chi connectivity index (χ0v) is 12.6. The summed E-state index contributed by atoms with van der Waals surface area (Å²) in [4.78, 5) is 0. The van der Waals surface area contributed by atoms with E-state index in [2.05, 4.69) is 34.2 Å². The van der Waals surface area contributed by atoms with Crippen molar-refractivity contribution < 1.29 is 4.74 Å². The maximum absolute atomic E-state index is 6.27. The van der Waals surface area contributed by atoms with Gasteiger partial charge in [-0.25, -0.2) is 0 Å². The molecule has 0 spiro atoms. The van der Waals surface area contributed by atoms with E-state index in [1.807, 2.05) is 12.1 Å². The first kappa shape index (κ1) is 15.0. The van der Waals surface area contributed by atoms with Crippen molar-refractivity contribution in [2.24, 2.45) is 0 Å². The summed E-state index contributed by atoms with van der Waals surface area (Å²) in [6.45, 7) is 3.83. The minimum atomic E-state index is 0.302. The fraction of sp³-hybridized carbons (Fsp3) is 0.538. The molecule has 1 aromatic rings. The molecule has 17 heavy (non-hydrogen) atoms. The summed E-state index contributed by atoms with van der Waals surface area (Å²) in [5.41, 5.74) is 1.16. The summed E-state index contributed by atoms with van der Waals surface area (Å²) in [5, 5.41) is 4.27. The third kappa shape index (κ3) is 4.96. The van der Waals surface area contributed by atoms with Gasteiger partial charge in [0.25, 0.3) is 0 Å². The predicted octanol–water partition coefficient (Wildman–Crippen LogP) is 4.18. The van der Waals surface area contributed by atoms with Crippen LogP contribution in [0.3, 0.4) is 0 Å². The minimum Gasteiger partial charge on any atom is -0.385 e. The van der Waals surface area contributed by atoms with E-state index in [0.29, 0.717) is 6.04 Å². The van der Waals surface area contributed by atoms with E-state index in [1.54, 1.807) is 7.11 Å². The van der Waals surface area contributed by atoms with E-state index in [-0.39, 0.29) is 0 Å². The molecule has 0 aromatic heterocycles. The molecule has 96 valence electrons. The number of nitrogens with one attached hydrogen (secondary N) is 1. The summed E-state index contributed by atoms with van der Waals surface area (Å²) in [6, 6.07) is 6.35. The second-order valence-electron chi connectivity index (χ2n) is 3.91. The minimum absolute atomic E-state index is 0.302. The molecule has 0 radical (unpaired) electrons. The average Bonchev–Trinajstić information content (AvgIpc) is 2.28. The molecule has 1 unspecified atom stereocenters. The Balaban J connectivity index is 2.74. The molecule has 0 bridgehead atoms. The lowest BCUT2D eigenvalue weighted by atomic mass is 10.0. The van der Waals surface area contributed by atoms with Gasteiger partial charge in [-0.1, -0.05) is 40.5 Å².